The molecule has 15 heavy (non-hydrogen) atoms. The van der Waals surface area contributed by atoms with Gasteiger partial charge in [0, 0.05) is 13.0 Å². The molecule has 0 radical (unpaired) electrons. The molecule has 0 aromatic heterocycles. The Morgan fingerprint density at radius 3 is 3.07 bits per heavy atom. The van der Waals surface area contributed by atoms with Crippen LogP contribution in [0, 0.1) is 0 Å². The second-order valence-corrected chi connectivity index (χ2v) is 4.18. The summed E-state index contributed by atoms with van der Waals surface area (Å²) in [6.07, 6.45) is 8.01. The summed E-state index contributed by atoms with van der Waals surface area (Å²) in [5, 5.41) is 0. The number of rotatable bonds is 5. The number of hydrogen-bond donors (Lipinski definition) is 2. The molecule has 1 saturated heterocycles. The van der Waals surface area contributed by atoms with Crippen LogP contribution in [-0.4, -0.2) is 25.4 Å². The van der Waals surface area contributed by atoms with Gasteiger partial charge in [-0.3, -0.25) is 5.84 Å². The number of hydrogen-bond acceptors (Lipinski definition) is 4. The molecule has 0 spiro atoms. The zero-order valence-electron chi connectivity index (χ0n) is 9.08. The van der Waals surface area contributed by atoms with E-state index < -0.39 is 0 Å². The highest BCUT2D eigenvalue weighted by atomic mass is 16.5. The van der Waals surface area contributed by atoms with Gasteiger partial charge in [-0.15, -0.1) is 0 Å². The molecule has 2 aliphatic rings. The average Bonchev–Trinajstić information content (AvgIpc) is 2.90. The Bertz CT molecular complexity index is 225. The van der Waals surface area contributed by atoms with Crippen molar-refractivity contribution in [2.24, 2.45) is 5.84 Å². The van der Waals surface area contributed by atoms with Gasteiger partial charge in [-0.1, -0.05) is 0 Å². The maximum absolute atomic E-state index is 5.58. The maximum atomic E-state index is 5.58. The maximum Gasteiger partial charge on any atom is 0.110 e. The van der Waals surface area contributed by atoms with Gasteiger partial charge in [-0.2, -0.15) is 0 Å². The summed E-state index contributed by atoms with van der Waals surface area (Å²) in [6.45, 7) is 1.72. The minimum absolute atomic E-state index is 0.164. The van der Waals surface area contributed by atoms with E-state index in [1.54, 1.807) is 0 Å². The zero-order valence-corrected chi connectivity index (χ0v) is 9.08. The van der Waals surface area contributed by atoms with E-state index in [0.717, 1.165) is 38.2 Å². The molecule has 1 fully saturated rings. The predicted molar refractivity (Wildman–Crippen MR) is 58.0 cm³/mol. The van der Waals surface area contributed by atoms with Crippen LogP contribution < -0.4 is 11.3 Å². The van der Waals surface area contributed by atoms with E-state index in [1.807, 2.05) is 0 Å². The summed E-state index contributed by atoms with van der Waals surface area (Å²) in [4.78, 5) is 0. The first-order valence-corrected chi connectivity index (χ1v) is 5.80. The number of nitrogens with two attached hydrogens (primary N) is 1. The second-order valence-electron chi connectivity index (χ2n) is 4.18. The molecule has 86 valence electrons. The third-order valence-corrected chi connectivity index (χ3v) is 3.08. The van der Waals surface area contributed by atoms with Crippen LogP contribution in [0.25, 0.3) is 0 Å². The molecule has 2 aliphatic heterocycles. The zero-order chi connectivity index (χ0) is 10.5. The van der Waals surface area contributed by atoms with Crippen molar-refractivity contribution in [3.05, 3.63) is 11.8 Å². The summed E-state index contributed by atoms with van der Waals surface area (Å²) in [7, 11) is 0. The van der Waals surface area contributed by atoms with Gasteiger partial charge in [0.2, 0.25) is 0 Å². The molecule has 3 N–H and O–H groups in total. The number of ether oxygens (including phenoxy) is 2. The van der Waals surface area contributed by atoms with Crippen molar-refractivity contribution in [1.82, 2.24) is 5.43 Å². The Morgan fingerprint density at radius 1 is 1.53 bits per heavy atom. The predicted octanol–water partition coefficient (Wildman–Crippen LogP) is 1.08. The van der Waals surface area contributed by atoms with Crippen LogP contribution in [0.1, 0.15) is 32.1 Å². The molecule has 0 bridgehead atoms. The Morgan fingerprint density at radius 2 is 2.47 bits per heavy atom. The first-order valence-electron chi connectivity index (χ1n) is 5.80. The standard InChI is InChI=1S/C11H20N2O2/c12-13-10(11-4-2-8-15-11)6-5-9-3-1-7-14-9/h4,9-10,13H,1-3,5-8,12H2. The fraction of sp³-hybridized carbons (Fsp3) is 0.818. The molecule has 2 atom stereocenters. The van der Waals surface area contributed by atoms with E-state index in [4.69, 9.17) is 15.3 Å². The highest BCUT2D eigenvalue weighted by molar-refractivity contribution is 5.06. The van der Waals surface area contributed by atoms with Crippen molar-refractivity contribution in [1.29, 1.82) is 0 Å². The van der Waals surface area contributed by atoms with Crippen LogP contribution in [0.5, 0.6) is 0 Å². The van der Waals surface area contributed by atoms with Crippen LogP contribution >= 0.6 is 0 Å². The smallest absolute Gasteiger partial charge is 0.110 e. The van der Waals surface area contributed by atoms with E-state index in [9.17, 15) is 0 Å². The van der Waals surface area contributed by atoms with Gasteiger partial charge in [0.05, 0.1) is 18.8 Å². The molecule has 4 nitrogen and oxygen atoms in total. The summed E-state index contributed by atoms with van der Waals surface area (Å²) in [5.74, 6) is 6.54. The minimum Gasteiger partial charge on any atom is -0.496 e. The topological polar surface area (TPSA) is 56.5 Å². The van der Waals surface area contributed by atoms with Crippen molar-refractivity contribution in [3.63, 3.8) is 0 Å². The highest BCUT2D eigenvalue weighted by Crippen LogP contribution is 2.21. The van der Waals surface area contributed by atoms with Crippen molar-refractivity contribution in [2.45, 2.75) is 44.2 Å². The SMILES string of the molecule is NNC(CCC1CCCO1)C1=CCCO1. The molecule has 0 saturated carbocycles. The van der Waals surface area contributed by atoms with E-state index in [2.05, 4.69) is 11.5 Å². The number of hydrazine groups is 1. The average molecular weight is 212 g/mol. The van der Waals surface area contributed by atoms with Crippen molar-refractivity contribution >= 4 is 0 Å². The lowest BCUT2D eigenvalue weighted by Gasteiger charge is -2.18. The van der Waals surface area contributed by atoms with Gasteiger partial charge >= 0.3 is 0 Å². The molecule has 4 heteroatoms. The third kappa shape index (κ3) is 2.93. The quantitative estimate of drug-likeness (QED) is 0.529. The van der Waals surface area contributed by atoms with Crippen LogP contribution in [-0.2, 0) is 9.47 Å². The van der Waals surface area contributed by atoms with Crippen molar-refractivity contribution in [3.8, 4) is 0 Å². The monoisotopic (exact) mass is 212 g/mol. The molecule has 0 aliphatic carbocycles. The molecule has 0 aromatic rings. The molecular formula is C11H20N2O2. The Balaban J connectivity index is 1.74. The van der Waals surface area contributed by atoms with Gasteiger partial charge in [0.1, 0.15) is 5.76 Å². The fourth-order valence-electron chi connectivity index (χ4n) is 2.21. The molecule has 2 unspecified atom stereocenters. The molecule has 0 amide bonds. The van der Waals surface area contributed by atoms with E-state index in [-0.39, 0.29) is 6.04 Å². The second kappa shape index (κ2) is 5.49. The summed E-state index contributed by atoms with van der Waals surface area (Å²) < 4.78 is 11.1. The lowest BCUT2D eigenvalue weighted by molar-refractivity contribution is 0.0980. The fourth-order valence-corrected chi connectivity index (χ4v) is 2.21. The molecule has 2 rings (SSSR count). The van der Waals surface area contributed by atoms with E-state index in [0.29, 0.717) is 6.10 Å². The highest BCUT2D eigenvalue weighted by Gasteiger charge is 2.21. The van der Waals surface area contributed by atoms with Crippen LogP contribution in [0.3, 0.4) is 0 Å². The summed E-state index contributed by atoms with van der Waals surface area (Å²) >= 11 is 0. The molecule has 2 heterocycles. The Hall–Kier alpha value is -0.580. The van der Waals surface area contributed by atoms with Gasteiger partial charge < -0.3 is 9.47 Å². The minimum atomic E-state index is 0.164. The van der Waals surface area contributed by atoms with Crippen LogP contribution in [0.15, 0.2) is 11.8 Å². The van der Waals surface area contributed by atoms with Crippen LogP contribution in [0.4, 0.5) is 0 Å². The lowest BCUT2D eigenvalue weighted by Crippen LogP contribution is -2.37. The van der Waals surface area contributed by atoms with Crippen molar-refractivity contribution in [2.75, 3.05) is 13.2 Å². The Labute approximate surface area is 90.8 Å². The van der Waals surface area contributed by atoms with Gasteiger partial charge in [-0.25, -0.2) is 5.43 Å². The van der Waals surface area contributed by atoms with E-state index in [1.165, 1.54) is 12.8 Å². The number of nitrogens with one attached hydrogen (secondary N) is 1. The van der Waals surface area contributed by atoms with Crippen molar-refractivity contribution < 1.29 is 9.47 Å². The first kappa shape index (κ1) is 10.9. The van der Waals surface area contributed by atoms with Crippen LogP contribution in [0.2, 0.25) is 0 Å². The van der Waals surface area contributed by atoms with Gasteiger partial charge in [0.25, 0.3) is 0 Å². The van der Waals surface area contributed by atoms with E-state index >= 15 is 0 Å². The Kier molecular flexibility index (Phi) is 4.00. The third-order valence-electron chi connectivity index (χ3n) is 3.08. The van der Waals surface area contributed by atoms with Gasteiger partial charge in [-0.05, 0) is 31.8 Å². The normalized spacial score (nSPS) is 27.5. The summed E-state index contributed by atoms with van der Waals surface area (Å²) in [6, 6.07) is 0.164. The molecule has 0 aromatic carbocycles. The molecular weight excluding hydrogens is 192 g/mol. The lowest BCUT2D eigenvalue weighted by atomic mass is 10.0. The summed E-state index contributed by atoms with van der Waals surface area (Å²) in [5.41, 5.74) is 2.82. The largest absolute Gasteiger partial charge is 0.496 e. The first-order chi connectivity index (χ1) is 7.40. The van der Waals surface area contributed by atoms with Gasteiger partial charge in [0.15, 0.2) is 0 Å².